The third-order valence-electron chi connectivity index (χ3n) is 4.04. The highest BCUT2D eigenvalue weighted by Crippen LogP contribution is 2.51. The molecule has 0 N–H and O–H groups in total. The van der Waals surface area contributed by atoms with Crippen LogP contribution >= 0.6 is 0 Å². The lowest BCUT2D eigenvalue weighted by Gasteiger charge is -2.48. The fraction of sp³-hybridized carbons (Fsp3) is 1.00. The summed E-state index contributed by atoms with van der Waals surface area (Å²) in [7, 11) is 0. The summed E-state index contributed by atoms with van der Waals surface area (Å²) in [6.45, 7) is 7.14. The quantitative estimate of drug-likeness (QED) is 0.518. The molecular weight excluding hydrogens is 156 g/mol. The number of rotatable bonds is 6. The van der Waals surface area contributed by atoms with Crippen molar-refractivity contribution in [2.45, 2.75) is 72.1 Å². The van der Waals surface area contributed by atoms with Gasteiger partial charge < -0.3 is 0 Å². The molecule has 0 heterocycles. The molecule has 2 atom stereocenters. The minimum absolute atomic E-state index is 0.741. The van der Waals surface area contributed by atoms with E-state index in [0.717, 1.165) is 11.3 Å². The van der Waals surface area contributed by atoms with Gasteiger partial charge in [-0.05, 0) is 30.6 Å². The Balaban J connectivity index is 2.21. The van der Waals surface area contributed by atoms with Crippen molar-refractivity contribution in [1.29, 1.82) is 0 Å². The summed E-state index contributed by atoms with van der Waals surface area (Å²) in [5.74, 6) is 1.06. The third-order valence-corrected chi connectivity index (χ3v) is 4.04. The Kier molecular flexibility index (Phi) is 4.28. The van der Waals surface area contributed by atoms with Crippen molar-refractivity contribution in [1.82, 2.24) is 0 Å². The van der Waals surface area contributed by atoms with Crippen molar-refractivity contribution in [3.63, 3.8) is 0 Å². The number of unbranched alkanes of at least 4 members (excludes halogenated alkanes) is 2. The molecule has 0 radical (unpaired) electrons. The first-order valence-corrected chi connectivity index (χ1v) is 6.23. The fourth-order valence-electron chi connectivity index (χ4n) is 2.79. The van der Waals surface area contributed by atoms with Gasteiger partial charge in [0.1, 0.15) is 0 Å². The molecule has 1 aliphatic rings. The standard InChI is InChI=1S/C13H26/c1-4-6-7-10-13(3)11-9-12(13)8-5-2/h12H,4-11H2,1-3H3. The van der Waals surface area contributed by atoms with Crippen LogP contribution in [-0.2, 0) is 0 Å². The highest BCUT2D eigenvalue weighted by molar-refractivity contribution is 4.91. The van der Waals surface area contributed by atoms with Crippen LogP contribution < -0.4 is 0 Å². The molecule has 0 aliphatic heterocycles. The SMILES string of the molecule is CCCCCC1(C)CCC1CCC. The Hall–Kier alpha value is 0. The van der Waals surface area contributed by atoms with Gasteiger partial charge in [0, 0.05) is 0 Å². The van der Waals surface area contributed by atoms with Crippen LogP contribution in [0.4, 0.5) is 0 Å². The van der Waals surface area contributed by atoms with E-state index in [2.05, 4.69) is 20.8 Å². The van der Waals surface area contributed by atoms with E-state index in [4.69, 9.17) is 0 Å². The number of hydrogen-bond acceptors (Lipinski definition) is 0. The van der Waals surface area contributed by atoms with E-state index >= 15 is 0 Å². The van der Waals surface area contributed by atoms with Crippen LogP contribution in [0.2, 0.25) is 0 Å². The molecule has 0 amide bonds. The van der Waals surface area contributed by atoms with Crippen LogP contribution in [0, 0.1) is 11.3 Å². The Labute approximate surface area is 84.1 Å². The maximum Gasteiger partial charge on any atom is -0.0297 e. The van der Waals surface area contributed by atoms with E-state index in [1.54, 1.807) is 0 Å². The second kappa shape index (κ2) is 5.02. The average Bonchev–Trinajstić information content (AvgIpc) is 2.13. The molecule has 78 valence electrons. The first-order valence-electron chi connectivity index (χ1n) is 6.23. The van der Waals surface area contributed by atoms with Crippen LogP contribution in [0.15, 0.2) is 0 Å². The summed E-state index contributed by atoms with van der Waals surface area (Å²) in [4.78, 5) is 0. The lowest BCUT2D eigenvalue weighted by molar-refractivity contribution is 0.0308. The lowest BCUT2D eigenvalue weighted by atomic mass is 9.58. The van der Waals surface area contributed by atoms with E-state index < -0.39 is 0 Å². The van der Waals surface area contributed by atoms with Crippen molar-refractivity contribution >= 4 is 0 Å². The molecule has 1 aliphatic carbocycles. The summed E-state index contributed by atoms with van der Waals surface area (Å²) in [5, 5.41) is 0. The zero-order chi connectivity index (χ0) is 9.73. The Morgan fingerprint density at radius 1 is 1.15 bits per heavy atom. The molecule has 0 saturated heterocycles. The van der Waals surface area contributed by atoms with Crippen LogP contribution in [0.1, 0.15) is 72.1 Å². The third kappa shape index (κ3) is 2.72. The van der Waals surface area contributed by atoms with Crippen molar-refractivity contribution in [2.24, 2.45) is 11.3 Å². The van der Waals surface area contributed by atoms with Crippen LogP contribution in [0.5, 0.6) is 0 Å². The predicted octanol–water partition coefficient (Wildman–Crippen LogP) is 4.78. The molecule has 0 nitrogen and oxygen atoms in total. The minimum Gasteiger partial charge on any atom is -0.0654 e. The van der Waals surface area contributed by atoms with Crippen molar-refractivity contribution in [3.05, 3.63) is 0 Å². The average molecular weight is 182 g/mol. The highest BCUT2D eigenvalue weighted by atomic mass is 14.5. The van der Waals surface area contributed by atoms with Gasteiger partial charge in [0.05, 0.1) is 0 Å². The van der Waals surface area contributed by atoms with Crippen molar-refractivity contribution < 1.29 is 0 Å². The molecule has 1 saturated carbocycles. The Morgan fingerprint density at radius 3 is 2.38 bits per heavy atom. The summed E-state index contributed by atoms with van der Waals surface area (Å²) in [6, 6.07) is 0. The second-order valence-electron chi connectivity index (χ2n) is 5.14. The summed E-state index contributed by atoms with van der Waals surface area (Å²) >= 11 is 0. The zero-order valence-electron chi connectivity index (χ0n) is 9.73. The smallest absolute Gasteiger partial charge is 0.0297 e. The molecular formula is C13H26. The van der Waals surface area contributed by atoms with E-state index in [1.807, 2.05) is 0 Å². The summed E-state index contributed by atoms with van der Waals surface area (Å²) < 4.78 is 0. The molecule has 13 heavy (non-hydrogen) atoms. The van der Waals surface area contributed by atoms with Crippen LogP contribution in [-0.4, -0.2) is 0 Å². The van der Waals surface area contributed by atoms with Gasteiger partial charge in [0.2, 0.25) is 0 Å². The molecule has 2 unspecified atom stereocenters. The monoisotopic (exact) mass is 182 g/mol. The normalized spacial score (nSPS) is 33.0. The van der Waals surface area contributed by atoms with E-state index in [-0.39, 0.29) is 0 Å². The van der Waals surface area contributed by atoms with E-state index in [0.29, 0.717) is 0 Å². The van der Waals surface area contributed by atoms with E-state index in [9.17, 15) is 0 Å². The molecule has 0 aromatic heterocycles. The van der Waals surface area contributed by atoms with Gasteiger partial charge in [-0.3, -0.25) is 0 Å². The van der Waals surface area contributed by atoms with Gasteiger partial charge in [-0.2, -0.15) is 0 Å². The largest absolute Gasteiger partial charge is 0.0654 e. The molecule has 0 heteroatoms. The summed E-state index contributed by atoms with van der Waals surface area (Å²) in [6.07, 6.45) is 11.6. The van der Waals surface area contributed by atoms with E-state index in [1.165, 1.54) is 51.4 Å². The van der Waals surface area contributed by atoms with Crippen molar-refractivity contribution in [3.8, 4) is 0 Å². The first kappa shape index (κ1) is 11.1. The summed E-state index contributed by atoms with van der Waals surface area (Å²) in [5.41, 5.74) is 0.741. The topological polar surface area (TPSA) is 0 Å². The Bertz CT molecular complexity index is 139. The van der Waals surface area contributed by atoms with Gasteiger partial charge in [-0.25, -0.2) is 0 Å². The number of hydrogen-bond donors (Lipinski definition) is 0. The van der Waals surface area contributed by atoms with Crippen LogP contribution in [0.25, 0.3) is 0 Å². The minimum atomic E-state index is 0.741. The maximum absolute atomic E-state index is 2.52. The molecule has 0 spiro atoms. The highest BCUT2D eigenvalue weighted by Gasteiger charge is 2.40. The molecule has 1 rings (SSSR count). The maximum atomic E-state index is 2.52. The Morgan fingerprint density at radius 2 is 1.92 bits per heavy atom. The fourth-order valence-corrected chi connectivity index (χ4v) is 2.79. The van der Waals surface area contributed by atoms with Crippen LogP contribution in [0.3, 0.4) is 0 Å². The zero-order valence-corrected chi connectivity index (χ0v) is 9.73. The molecule has 0 bridgehead atoms. The first-order chi connectivity index (χ1) is 6.23. The predicted molar refractivity (Wildman–Crippen MR) is 59.9 cm³/mol. The molecule has 0 aromatic rings. The second-order valence-corrected chi connectivity index (χ2v) is 5.14. The molecule has 1 fully saturated rings. The van der Waals surface area contributed by atoms with Gasteiger partial charge in [-0.1, -0.05) is 52.9 Å². The van der Waals surface area contributed by atoms with Gasteiger partial charge in [0.25, 0.3) is 0 Å². The van der Waals surface area contributed by atoms with Crippen molar-refractivity contribution in [2.75, 3.05) is 0 Å². The van der Waals surface area contributed by atoms with Gasteiger partial charge in [-0.15, -0.1) is 0 Å². The molecule has 0 aromatic carbocycles. The van der Waals surface area contributed by atoms with Gasteiger partial charge in [0.15, 0.2) is 0 Å². The lowest BCUT2D eigenvalue weighted by Crippen LogP contribution is -2.37. The van der Waals surface area contributed by atoms with Gasteiger partial charge >= 0.3 is 0 Å².